The molecule has 6 nitrogen and oxygen atoms in total. The second-order valence-electron chi connectivity index (χ2n) is 5.52. The lowest BCUT2D eigenvalue weighted by molar-refractivity contribution is -0.126. The summed E-state index contributed by atoms with van der Waals surface area (Å²) in [6, 6.07) is 10.6. The van der Waals surface area contributed by atoms with E-state index in [1.54, 1.807) is 30.1 Å². The number of para-hydroxylation sites is 2. The smallest absolute Gasteiger partial charge is 0.267 e. The van der Waals surface area contributed by atoms with Gasteiger partial charge in [0.15, 0.2) is 6.10 Å². The van der Waals surface area contributed by atoms with Crippen molar-refractivity contribution < 1.29 is 17.9 Å². The lowest BCUT2D eigenvalue weighted by atomic mass is 10.1. The molecule has 24 heavy (non-hydrogen) atoms. The standard InChI is InChI=1S/C16H18N2O4S2/c1-11-7-8-15(23-11)24(20,21)17-10-9-14-16(19)18(2)12-5-3-4-6-13(12)22-14/h3-8,14,17H,9-10H2,1-2H3. The summed E-state index contributed by atoms with van der Waals surface area (Å²) in [7, 11) is -1.85. The van der Waals surface area contributed by atoms with Crippen LogP contribution in [0.3, 0.4) is 0 Å². The molecule has 0 fully saturated rings. The van der Waals surface area contributed by atoms with E-state index < -0.39 is 16.1 Å². The van der Waals surface area contributed by atoms with E-state index in [0.29, 0.717) is 11.4 Å². The maximum Gasteiger partial charge on any atom is 0.267 e. The molecule has 1 aromatic heterocycles. The number of amides is 1. The fourth-order valence-electron chi connectivity index (χ4n) is 2.51. The number of nitrogens with zero attached hydrogens (tertiary/aromatic N) is 1. The summed E-state index contributed by atoms with van der Waals surface area (Å²) in [6.45, 7) is 1.98. The summed E-state index contributed by atoms with van der Waals surface area (Å²) in [5.74, 6) is 0.446. The van der Waals surface area contributed by atoms with Crippen LogP contribution in [-0.4, -0.2) is 34.0 Å². The number of hydrogen-bond donors (Lipinski definition) is 1. The van der Waals surface area contributed by atoms with E-state index in [9.17, 15) is 13.2 Å². The monoisotopic (exact) mass is 366 g/mol. The van der Waals surface area contributed by atoms with Crippen molar-refractivity contribution in [2.75, 3.05) is 18.5 Å². The van der Waals surface area contributed by atoms with Crippen LogP contribution >= 0.6 is 11.3 Å². The number of sulfonamides is 1. The van der Waals surface area contributed by atoms with Gasteiger partial charge in [-0.15, -0.1) is 11.3 Å². The number of benzene rings is 1. The van der Waals surface area contributed by atoms with Crippen LogP contribution in [0, 0.1) is 6.92 Å². The third kappa shape index (κ3) is 3.31. The number of rotatable bonds is 5. The van der Waals surface area contributed by atoms with Crippen molar-refractivity contribution in [1.29, 1.82) is 0 Å². The molecule has 1 N–H and O–H groups in total. The topological polar surface area (TPSA) is 75.7 Å². The number of likely N-dealkylation sites (N-methyl/N-ethyl adjacent to an activating group) is 1. The van der Waals surface area contributed by atoms with Crippen molar-refractivity contribution in [2.24, 2.45) is 0 Å². The van der Waals surface area contributed by atoms with E-state index in [2.05, 4.69) is 4.72 Å². The largest absolute Gasteiger partial charge is 0.478 e. The number of aryl methyl sites for hydroxylation is 1. The Morgan fingerprint density at radius 1 is 1.25 bits per heavy atom. The van der Waals surface area contributed by atoms with Gasteiger partial charge in [0.2, 0.25) is 10.0 Å². The first-order valence-corrected chi connectivity index (χ1v) is 9.78. The maximum absolute atomic E-state index is 12.3. The number of nitrogens with one attached hydrogen (secondary N) is 1. The van der Waals surface area contributed by atoms with Gasteiger partial charge in [-0.25, -0.2) is 13.1 Å². The van der Waals surface area contributed by atoms with E-state index in [1.165, 1.54) is 11.3 Å². The van der Waals surface area contributed by atoms with Gasteiger partial charge in [-0.05, 0) is 31.2 Å². The van der Waals surface area contributed by atoms with Gasteiger partial charge in [0.05, 0.1) is 5.69 Å². The molecule has 1 aliphatic rings. The molecule has 1 aliphatic heterocycles. The van der Waals surface area contributed by atoms with Gasteiger partial charge in [-0.1, -0.05) is 12.1 Å². The molecule has 0 radical (unpaired) electrons. The summed E-state index contributed by atoms with van der Waals surface area (Å²) in [5.41, 5.74) is 0.716. The van der Waals surface area contributed by atoms with Gasteiger partial charge in [0, 0.05) is 24.9 Å². The first kappa shape index (κ1) is 16.9. The summed E-state index contributed by atoms with van der Waals surface area (Å²) in [4.78, 5) is 14.8. The molecule has 0 spiro atoms. The molecule has 1 amide bonds. The number of thiophene rings is 1. The third-order valence-electron chi connectivity index (χ3n) is 3.78. The average Bonchev–Trinajstić information content (AvgIpc) is 2.99. The highest BCUT2D eigenvalue weighted by Gasteiger charge is 2.32. The molecular weight excluding hydrogens is 348 g/mol. The number of carbonyl (C=O) groups excluding carboxylic acids is 1. The second-order valence-corrected chi connectivity index (χ2v) is 8.80. The van der Waals surface area contributed by atoms with Crippen molar-refractivity contribution in [2.45, 2.75) is 23.7 Å². The highest BCUT2D eigenvalue weighted by atomic mass is 32.2. The van der Waals surface area contributed by atoms with Gasteiger partial charge in [-0.2, -0.15) is 0 Å². The molecule has 0 saturated heterocycles. The molecular formula is C16H18N2O4S2. The Labute approximate surface area is 145 Å². The normalized spacial score (nSPS) is 17.5. The third-order valence-corrected chi connectivity index (χ3v) is 6.73. The first-order valence-electron chi connectivity index (χ1n) is 7.48. The van der Waals surface area contributed by atoms with E-state index in [4.69, 9.17) is 4.74 Å². The molecule has 1 atom stereocenters. The number of anilines is 1. The molecule has 0 saturated carbocycles. The van der Waals surface area contributed by atoms with E-state index in [0.717, 1.165) is 4.88 Å². The number of ether oxygens (including phenoxy) is 1. The predicted octanol–water partition coefficient (Wildman–Crippen LogP) is 2.15. The summed E-state index contributed by atoms with van der Waals surface area (Å²) in [5, 5.41) is 0. The van der Waals surface area contributed by atoms with Crippen LogP contribution < -0.4 is 14.4 Å². The van der Waals surface area contributed by atoms with Crippen molar-refractivity contribution in [3.63, 3.8) is 0 Å². The molecule has 3 rings (SSSR count). The lowest BCUT2D eigenvalue weighted by Gasteiger charge is -2.31. The maximum atomic E-state index is 12.3. The summed E-state index contributed by atoms with van der Waals surface area (Å²) < 4.78 is 32.9. The van der Waals surface area contributed by atoms with Crippen LogP contribution in [-0.2, 0) is 14.8 Å². The molecule has 128 valence electrons. The Bertz CT molecular complexity index is 860. The number of hydrogen-bond acceptors (Lipinski definition) is 5. The van der Waals surface area contributed by atoms with E-state index in [-0.39, 0.29) is 23.1 Å². The van der Waals surface area contributed by atoms with Crippen LogP contribution in [0.2, 0.25) is 0 Å². The quantitative estimate of drug-likeness (QED) is 0.880. The van der Waals surface area contributed by atoms with Crippen LogP contribution in [0.1, 0.15) is 11.3 Å². The molecule has 1 aromatic carbocycles. The molecule has 8 heteroatoms. The van der Waals surface area contributed by atoms with Crippen molar-refractivity contribution in [3.05, 3.63) is 41.3 Å². The average molecular weight is 366 g/mol. The Kier molecular flexibility index (Phi) is 4.62. The fourth-order valence-corrected chi connectivity index (χ4v) is 4.88. The Morgan fingerprint density at radius 3 is 2.71 bits per heavy atom. The minimum absolute atomic E-state index is 0.131. The SMILES string of the molecule is Cc1ccc(S(=O)(=O)NCCC2Oc3ccccc3N(C)C2=O)s1. The minimum atomic E-state index is -3.54. The number of carbonyl (C=O) groups is 1. The highest BCUT2D eigenvalue weighted by Crippen LogP contribution is 2.33. The van der Waals surface area contributed by atoms with Crippen LogP contribution in [0.15, 0.2) is 40.6 Å². The zero-order valence-corrected chi connectivity index (χ0v) is 15.0. The van der Waals surface area contributed by atoms with Gasteiger partial charge < -0.3 is 9.64 Å². The molecule has 2 heterocycles. The lowest BCUT2D eigenvalue weighted by Crippen LogP contribution is -2.45. The van der Waals surface area contributed by atoms with Gasteiger partial charge in [0.25, 0.3) is 5.91 Å². The Morgan fingerprint density at radius 2 is 2.00 bits per heavy atom. The molecule has 1 unspecified atom stereocenters. The van der Waals surface area contributed by atoms with E-state index >= 15 is 0 Å². The molecule has 0 bridgehead atoms. The Hall–Kier alpha value is -1.90. The molecule has 0 aliphatic carbocycles. The van der Waals surface area contributed by atoms with Crippen molar-refractivity contribution in [3.8, 4) is 5.75 Å². The predicted molar refractivity (Wildman–Crippen MR) is 93.1 cm³/mol. The summed E-state index contributed by atoms with van der Waals surface area (Å²) >= 11 is 1.22. The van der Waals surface area contributed by atoms with E-state index in [1.807, 2.05) is 25.1 Å². The molecule has 2 aromatic rings. The summed E-state index contributed by atoms with van der Waals surface area (Å²) in [6.07, 6.45) is -0.432. The van der Waals surface area contributed by atoms with Crippen molar-refractivity contribution >= 4 is 33.0 Å². The van der Waals surface area contributed by atoms with Crippen molar-refractivity contribution in [1.82, 2.24) is 4.72 Å². The van der Waals surface area contributed by atoms with Gasteiger partial charge in [-0.3, -0.25) is 4.79 Å². The second kappa shape index (κ2) is 6.54. The van der Waals surface area contributed by atoms with Crippen LogP contribution in [0.5, 0.6) is 5.75 Å². The fraction of sp³-hybridized carbons (Fsp3) is 0.312. The van der Waals surface area contributed by atoms with Crippen LogP contribution in [0.25, 0.3) is 0 Å². The minimum Gasteiger partial charge on any atom is -0.478 e. The zero-order chi connectivity index (χ0) is 17.3. The van der Waals surface area contributed by atoms with Gasteiger partial charge >= 0.3 is 0 Å². The number of fused-ring (bicyclic) bond motifs is 1. The first-order chi connectivity index (χ1) is 11.4. The highest BCUT2D eigenvalue weighted by molar-refractivity contribution is 7.91. The van der Waals surface area contributed by atoms with Crippen LogP contribution in [0.4, 0.5) is 5.69 Å². The Balaban J connectivity index is 1.64. The van der Waals surface area contributed by atoms with Gasteiger partial charge in [0.1, 0.15) is 9.96 Å². The zero-order valence-electron chi connectivity index (χ0n) is 13.4.